The number of anilines is 2. The molecule has 0 bridgehead atoms. The largest absolute Gasteiger partial charge is 0.478 e. The topological polar surface area (TPSA) is 221 Å². The molecule has 1 aliphatic heterocycles. The van der Waals surface area contributed by atoms with Crippen LogP contribution >= 0.6 is 0 Å². The molecule has 0 radical (unpaired) electrons. The minimum absolute atomic E-state index is 0.0269. The summed E-state index contributed by atoms with van der Waals surface area (Å²) >= 11 is 0. The van der Waals surface area contributed by atoms with E-state index < -0.39 is 58.8 Å². The second kappa shape index (κ2) is 29.2. The lowest BCUT2D eigenvalue weighted by Crippen LogP contribution is -2.61. The number of unbranched alkanes of at least 4 members (excludes halogenated alkanes) is 1. The predicted molar refractivity (Wildman–Crippen MR) is 319 cm³/mol. The molecule has 0 saturated carbocycles. The lowest BCUT2D eigenvalue weighted by molar-refractivity contribution is -0.144. The smallest absolute Gasteiger partial charge is 0.331 e. The number of rotatable bonds is 26. The van der Waals surface area contributed by atoms with Crippen molar-refractivity contribution < 1.29 is 48.2 Å². The van der Waals surface area contributed by atoms with Crippen molar-refractivity contribution in [2.24, 2.45) is 23.2 Å². The summed E-state index contributed by atoms with van der Waals surface area (Å²) in [4.78, 5) is 110. The van der Waals surface area contributed by atoms with Gasteiger partial charge in [-0.2, -0.15) is 0 Å². The standard InChI is InChI=1S/C66H84N6O10/c1-41(2)53(35-44(6)64(80)81)71(13)63(79)60(65(7,8)9)70-62(78)59(67-12)66(10,11)50-25-20-21-46(37-50)38-57(76)82-40-45-29-33-51(34-30-45)68-61(77)43(5)36-54(73)58(42(3)4)69-55(74)27-18-19-28-56(75)72-39-49-24-15-14-22-47(49)31-32-48-23-16-17-26-52(48)72/h14-17,20-26,29-30,33-35,37,41-43,53,58-60,67H,18-19,27-28,36,38-40H2,1-13H3,(H,68,77)(H,69,74)(H,70,78)(H,80,81)/b44-35+/t43-,53-,58+,59-,60-/m1/s1. The average molecular weight is 1120 g/mol. The number of carbonyl (C=O) groups excluding carboxylic acids is 7. The molecule has 0 saturated heterocycles. The number of aliphatic carboxylic acids is 1. The van der Waals surface area contributed by atoms with Crippen molar-refractivity contribution in [1.29, 1.82) is 0 Å². The number of nitrogens with one attached hydrogen (secondary N) is 4. The van der Waals surface area contributed by atoms with Crippen LogP contribution < -0.4 is 26.2 Å². The third-order valence-electron chi connectivity index (χ3n) is 15.1. The first-order valence-electron chi connectivity index (χ1n) is 28.2. The Bertz CT molecular complexity index is 3050. The van der Waals surface area contributed by atoms with Crippen LogP contribution in [0.4, 0.5) is 11.4 Å². The van der Waals surface area contributed by atoms with Crippen LogP contribution in [0.15, 0.2) is 109 Å². The van der Waals surface area contributed by atoms with Gasteiger partial charge in [-0.15, -0.1) is 0 Å². The molecular formula is C66H84N6O10. The van der Waals surface area contributed by atoms with Crippen LogP contribution in [0, 0.1) is 35.0 Å². The number of carboxylic acid groups (broad SMARTS) is 1. The van der Waals surface area contributed by atoms with Crippen LogP contribution in [0.2, 0.25) is 0 Å². The number of carboxylic acids is 1. The predicted octanol–water partition coefficient (Wildman–Crippen LogP) is 9.06. The molecule has 438 valence electrons. The third kappa shape index (κ3) is 17.8. The SMILES string of the molecule is CN[C@H](C(=O)N[C@H](C(=O)N(C)[C@H](/C=C(\C)C(=O)O)C(C)C)C(C)(C)C)C(C)(C)c1cccc(CC(=O)OCc2ccc(NC(=O)[C@H](C)CC(=O)[C@@H](NC(=O)CCCCC(=O)N3Cc4ccccc4C#Cc4ccccc43)C(C)C)cc2)c1. The quantitative estimate of drug-likeness (QED) is 0.0173. The zero-order valence-electron chi connectivity index (χ0n) is 50.0. The van der Waals surface area contributed by atoms with Gasteiger partial charge in [0.25, 0.3) is 0 Å². The normalized spacial score (nSPS) is 14.2. The van der Waals surface area contributed by atoms with Gasteiger partial charge in [-0.3, -0.25) is 33.6 Å². The first kappa shape index (κ1) is 64.9. The third-order valence-corrected chi connectivity index (χ3v) is 15.1. The Balaban J connectivity index is 1.08. The molecule has 4 aromatic carbocycles. The molecule has 16 heteroatoms. The molecule has 1 aliphatic rings. The van der Waals surface area contributed by atoms with Crippen molar-refractivity contribution in [1.82, 2.24) is 20.9 Å². The lowest BCUT2D eigenvalue weighted by Gasteiger charge is -2.40. The summed E-state index contributed by atoms with van der Waals surface area (Å²) in [5.74, 6) is 2.09. The fourth-order valence-electron chi connectivity index (χ4n) is 9.99. The maximum Gasteiger partial charge on any atom is 0.331 e. The number of hydrogen-bond acceptors (Lipinski definition) is 10. The summed E-state index contributed by atoms with van der Waals surface area (Å²) in [6, 6.07) is 26.5. The molecule has 5 rings (SSSR count). The van der Waals surface area contributed by atoms with E-state index in [1.165, 1.54) is 11.8 Å². The van der Waals surface area contributed by atoms with Gasteiger partial charge in [-0.05, 0) is 96.6 Å². The Labute approximate surface area is 484 Å². The molecule has 5 atom stereocenters. The number of ketones is 1. The van der Waals surface area contributed by atoms with Crippen LogP contribution in [0.1, 0.15) is 142 Å². The number of fused-ring (bicyclic) bond motifs is 2. The van der Waals surface area contributed by atoms with Gasteiger partial charge in [0.05, 0.1) is 36.8 Å². The Morgan fingerprint density at radius 1 is 0.744 bits per heavy atom. The van der Waals surface area contributed by atoms with E-state index >= 15 is 0 Å². The van der Waals surface area contributed by atoms with Crippen LogP contribution in [-0.2, 0) is 68.1 Å². The Morgan fingerprint density at radius 2 is 1.38 bits per heavy atom. The molecule has 5 amide bonds. The van der Waals surface area contributed by atoms with E-state index in [1.54, 1.807) is 62.3 Å². The highest BCUT2D eigenvalue weighted by Gasteiger charge is 2.42. The molecule has 5 N–H and O–H groups in total. The lowest BCUT2D eigenvalue weighted by atomic mass is 9.76. The number of para-hydroxylation sites is 1. The van der Waals surface area contributed by atoms with E-state index in [-0.39, 0.29) is 79.1 Å². The highest BCUT2D eigenvalue weighted by atomic mass is 16.5. The molecule has 0 aliphatic carbocycles. The molecule has 0 unspecified atom stereocenters. The van der Waals surface area contributed by atoms with E-state index in [4.69, 9.17) is 4.74 Å². The summed E-state index contributed by atoms with van der Waals surface area (Å²) in [5, 5.41) is 21.4. The summed E-state index contributed by atoms with van der Waals surface area (Å²) < 4.78 is 5.65. The summed E-state index contributed by atoms with van der Waals surface area (Å²) in [6.45, 7) is 20.4. The van der Waals surface area contributed by atoms with E-state index in [0.29, 0.717) is 36.2 Å². The van der Waals surface area contributed by atoms with Crippen molar-refractivity contribution in [3.05, 3.63) is 142 Å². The van der Waals surface area contributed by atoms with Gasteiger partial charge < -0.3 is 40.9 Å². The van der Waals surface area contributed by atoms with Gasteiger partial charge in [0.15, 0.2) is 5.78 Å². The molecule has 0 spiro atoms. The van der Waals surface area contributed by atoms with Gasteiger partial charge in [-0.1, -0.05) is 154 Å². The molecule has 0 aromatic heterocycles. The molecular weight excluding hydrogens is 1040 g/mol. The Kier molecular flexibility index (Phi) is 23.1. The van der Waals surface area contributed by atoms with Gasteiger partial charge in [-0.25, -0.2) is 4.79 Å². The van der Waals surface area contributed by atoms with Gasteiger partial charge in [0.2, 0.25) is 29.5 Å². The zero-order valence-corrected chi connectivity index (χ0v) is 50.0. The monoisotopic (exact) mass is 1120 g/mol. The number of nitrogens with zero attached hydrogens (tertiary/aromatic N) is 2. The maximum absolute atomic E-state index is 14.2. The first-order chi connectivity index (χ1) is 38.6. The van der Waals surface area contributed by atoms with Crippen LogP contribution in [-0.4, -0.2) is 95.5 Å². The fraction of sp³-hybridized carbons (Fsp3) is 0.455. The van der Waals surface area contributed by atoms with Gasteiger partial charge >= 0.3 is 11.9 Å². The number of benzene rings is 4. The van der Waals surface area contributed by atoms with Gasteiger partial charge in [0.1, 0.15) is 12.6 Å². The second-order valence-corrected chi connectivity index (χ2v) is 23.8. The van der Waals surface area contributed by atoms with E-state index in [0.717, 1.165) is 27.9 Å². The molecule has 1 heterocycles. The van der Waals surface area contributed by atoms with Crippen LogP contribution in [0.3, 0.4) is 0 Å². The minimum Gasteiger partial charge on any atom is -0.478 e. The zero-order chi connectivity index (χ0) is 60.6. The van der Waals surface area contributed by atoms with E-state index in [2.05, 4.69) is 33.1 Å². The first-order valence-corrected chi connectivity index (χ1v) is 28.2. The molecule has 82 heavy (non-hydrogen) atoms. The highest BCUT2D eigenvalue weighted by molar-refractivity contribution is 5.98. The summed E-state index contributed by atoms with van der Waals surface area (Å²) in [5.41, 5.74) is 4.54. The number of carbonyl (C=O) groups is 8. The molecule has 0 fully saturated rings. The maximum atomic E-state index is 14.2. The van der Waals surface area contributed by atoms with Crippen molar-refractivity contribution in [3.8, 4) is 11.8 Å². The van der Waals surface area contributed by atoms with Crippen molar-refractivity contribution >= 4 is 58.6 Å². The van der Waals surface area contributed by atoms with Crippen molar-refractivity contribution in [2.45, 2.75) is 157 Å². The minimum atomic E-state index is -1.08. The fourth-order valence-corrected chi connectivity index (χ4v) is 9.99. The number of likely N-dealkylation sites (N-methyl/N-ethyl adjacent to an activating group) is 2. The van der Waals surface area contributed by atoms with Crippen molar-refractivity contribution in [2.75, 3.05) is 24.3 Å². The molecule has 4 aromatic rings. The average Bonchev–Trinajstić information content (AvgIpc) is 3.49. The van der Waals surface area contributed by atoms with Crippen LogP contribution in [0.5, 0.6) is 0 Å². The van der Waals surface area contributed by atoms with Gasteiger partial charge in [0, 0.05) is 60.0 Å². The number of ether oxygens (including phenoxy) is 1. The van der Waals surface area contributed by atoms with E-state index in [9.17, 15) is 43.5 Å². The molecule has 16 nitrogen and oxygen atoms in total. The highest BCUT2D eigenvalue weighted by Crippen LogP contribution is 2.31. The Hall–Kier alpha value is -7.90. The van der Waals surface area contributed by atoms with Crippen molar-refractivity contribution in [3.63, 3.8) is 0 Å². The van der Waals surface area contributed by atoms with Crippen LogP contribution in [0.25, 0.3) is 0 Å². The summed E-state index contributed by atoms with van der Waals surface area (Å²) in [7, 11) is 3.29. The Morgan fingerprint density at radius 3 is 2.01 bits per heavy atom. The number of esters is 1. The number of Topliss-reactive ketones (excluding diaryl/α,β-unsaturated/α-hetero) is 1. The summed E-state index contributed by atoms with van der Waals surface area (Å²) in [6.07, 6.45) is 2.72. The number of hydrogen-bond donors (Lipinski definition) is 5. The van der Waals surface area contributed by atoms with E-state index in [1.807, 2.05) is 129 Å². The second-order valence-electron chi connectivity index (χ2n) is 23.8. The number of amides is 5.